The first kappa shape index (κ1) is 23.5. The van der Waals surface area contributed by atoms with Crippen LogP contribution in [-0.4, -0.2) is 50.5 Å². The minimum absolute atomic E-state index is 0.0136. The van der Waals surface area contributed by atoms with Crippen LogP contribution in [0.25, 0.3) is 0 Å². The normalized spacial score (nSPS) is 41.9. The van der Waals surface area contributed by atoms with Crippen LogP contribution in [0.3, 0.4) is 0 Å². The number of ether oxygens (including phenoxy) is 1. The highest BCUT2D eigenvalue weighted by Gasteiger charge is 2.83. The van der Waals surface area contributed by atoms with Gasteiger partial charge in [-0.3, -0.25) is 9.59 Å². The predicted molar refractivity (Wildman–Crippen MR) is 125 cm³/mol. The molecule has 4 aliphatic rings. The molecule has 1 aromatic rings. The van der Waals surface area contributed by atoms with Gasteiger partial charge in [0, 0.05) is 29.6 Å². The van der Waals surface area contributed by atoms with E-state index in [0.29, 0.717) is 17.6 Å². The molecule has 0 saturated heterocycles. The van der Waals surface area contributed by atoms with E-state index in [1.165, 1.54) is 0 Å². The van der Waals surface area contributed by atoms with E-state index in [2.05, 4.69) is 13.8 Å². The smallest absolute Gasteiger partial charge is 0.310 e. The summed E-state index contributed by atoms with van der Waals surface area (Å²) < 4.78 is 6.24. The SMILES string of the molecule is CC1=C[C@H]2[C@@]3(O)[C@H](C)C[C@]4(OC(=O)Cc5ccccc5)[C@H]([C@@H]3C=C(CO)C[C@]2(O)C1=O)C4(C)C. The number of esters is 1. The summed E-state index contributed by atoms with van der Waals surface area (Å²) in [6.07, 6.45) is 4.16. The molecule has 6 nitrogen and oxygen atoms in total. The van der Waals surface area contributed by atoms with Gasteiger partial charge in [0.1, 0.15) is 11.2 Å². The average molecular weight is 467 g/mol. The molecule has 7 atom stereocenters. The molecule has 0 aromatic heterocycles. The molecule has 0 unspecified atom stereocenters. The molecule has 0 bridgehead atoms. The van der Waals surface area contributed by atoms with Gasteiger partial charge in [-0.25, -0.2) is 0 Å². The van der Waals surface area contributed by atoms with Crippen LogP contribution in [0.5, 0.6) is 0 Å². The van der Waals surface area contributed by atoms with Crippen molar-refractivity contribution in [3.05, 3.63) is 59.2 Å². The number of hydrogen-bond acceptors (Lipinski definition) is 6. The summed E-state index contributed by atoms with van der Waals surface area (Å²) >= 11 is 0. The van der Waals surface area contributed by atoms with E-state index in [9.17, 15) is 24.9 Å². The lowest BCUT2D eigenvalue weighted by atomic mass is 9.60. The molecule has 3 N–H and O–H groups in total. The highest BCUT2D eigenvalue weighted by Crippen LogP contribution is 2.76. The second-order valence-electron chi connectivity index (χ2n) is 11.5. The maximum atomic E-state index is 13.0. The Morgan fingerprint density at radius 2 is 1.82 bits per heavy atom. The van der Waals surface area contributed by atoms with Crippen LogP contribution < -0.4 is 0 Å². The van der Waals surface area contributed by atoms with Crippen molar-refractivity contribution in [3.8, 4) is 0 Å². The highest BCUT2D eigenvalue weighted by atomic mass is 16.6. The van der Waals surface area contributed by atoms with Crippen LogP contribution >= 0.6 is 0 Å². The molecular formula is C28H34O6. The lowest BCUT2D eigenvalue weighted by Crippen LogP contribution is -2.61. The van der Waals surface area contributed by atoms with Crippen LogP contribution in [0.15, 0.2) is 53.6 Å². The number of carbonyl (C=O) groups is 2. The first-order valence-electron chi connectivity index (χ1n) is 12.2. The third-order valence-electron chi connectivity index (χ3n) is 9.36. The van der Waals surface area contributed by atoms with Crippen molar-refractivity contribution in [2.75, 3.05) is 6.61 Å². The molecule has 2 saturated carbocycles. The van der Waals surface area contributed by atoms with Crippen LogP contribution in [0.1, 0.15) is 46.1 Å². The van der Waals surface area contributed by atoms with Gasteiger partial charge in [-0.1, -0.05) is 63.3 Å². The maximum absolute atomic E-state index is 13.0. The Bertz CT molecular complexity index is 1100. The van der Waals surface area contributed by atoms with E-state index < -0.39 is 34.1 Å². The van der Waals surface area contributed by atoms with Gasteiger partial charge in [0.25, 0.3) is 0 Å². The third-order valence-corrected chi connectivity index (χ3v) is 9.36. The van der Waals surface area contributed by atoms with Crippen LogP contribution in [0.2, 0.25) is 0 Å². The summed E-state index contributed by atoms with van der Waals surface area (Å²) in [7, 11) is 0. The number of carbonyl (C=O) groups excluding carboxylic acids is 2. The van der Waals surface area contributed by atoms with Gasteiger partial charge >= 0.3 is 5.97 Å². The fraction of sp³-hybridized carbons (Fsp3) is 0.571. The van der Waals surface area contributed by atoms with Crippen molar-refractivity contribution in [3.63, 3.8) is 0 Å². The number of rotatable bonds is 4. The summed E-state index contributed by atoms with van der Waals surface area (Å²) in [6.45, 7) is 7.37. The van der Waals surface area contributed by atoms with E-state index in [0.717, 1.165) is 5.56 Å². The fourth-order valence-electron chi connectivity index (χ4n) is 7.60. The Morgan fingerprint density at radius 1 is 1.15 bits per heavy atom. The topological polar surface area (TPSA) is 104 Å². The predicted octanol–water partition coefficient (Wildman–Crippen LogP) is 2.75. The highest BCUT2D eigenvalue weighted by molar-refractivity contribution is 6.04. The van der Waals surface area contributed by atoms with Gasteiger partial charge in [0.15, 0.2) is 5.78 Å². The van der Waals surface area contributed by atoms with Gasteiger partial charge in [-0.15, -0.1) is 0 Å². The Morgan fingerprint density at radius 3 is 2.47 bits per heavy atom. The number of aliphatic hydroxyl groups excluding tert-OH is 1. The zero-order chi connectivity index (χ0) is 24.7. The minimum Gasteiger partial charge on any atom is -0.458 e. The molecule has 0 aliphatic heterocycles. The third kappa shape index (κ3) is 2.91. The van der Waals surface area contributed by atoms with Crippen LogP contribution in [-0.2, 0) is 20.7 Å². The number of ketones is 1. The number of Topliss-reactive ketones (excluding diaryl/α,β-unsaturated/α-hetero) is 1. The first-order valence-corrected chi connectivity index (χ1v) is 12.2. The molecule has 34 heavy (non-hydrogen) atoms. The first-order chi connectivity index (χ1) is 15.9. The van der Waals surface area contributed by atoms with Gasteiger partial charge < -0.3 is 20.1 Å². The monoisotopic (exact) mass is 466 g/mol. The zero-order valence-corrected chi connectivity index (χ0v) is 20.2. The van der Waals surface area contributed by atoms with Crippen molar-refractivity contribution >= 4 is 11.8 Å². The maximum Gasteiger partial charge on any atom is 0.310 e. The Labute approximate surface area is 200 Å². The summed E-state index contributed by atoms with van der Waals surface area (Å²) in [5, 5.41) is 33.9. The standard InChI is InChI=1S/C28H34O6/c1-16-10-21-26(32,24(16)31)14-19(15-29)11-20-23-25(3,4)27(23,13-17(2)28(20,21)33)34-22(30)12-18-8-6-5-7-9-18/h5-11,17,20-21,23,29,32-33H,12-15H2,1-4H3/t17-,20+,21-,23-,26-,27+,28-/m1/s1. The average Bonchev–Trinajstić information content (AvgIpc) is 3.18. The molecule has 6 heteroatoms. The van der Waals surface area contributed by atoms with Crippen molar-refractivity contribution < 1.29 is 29.6 Å². The van der Waals surface area contributed by atoms with Crippen molar-refractivity contribution in [2.45, 2.75) is 63.8 Å². The van der Waals surface area contributed by atoms with E-state index in [4.69, 9.17) is 4.74 Å². The second-order valence-corrected chi connectivity index (χ2v) is 11.5. The number of benzene rings is 1. The van der Waals surface area contributed by atoms with Crippen LogP contribution in [0, 0.1) is 29.1 Å². The number of aliphatic hydroxyl groups is 3. The van der Waals surface area contributed by atoms with E-state index in [-0.39, 0.29) is 43.0 Å². The summed E-state index contributed by atoms with van der Waals surface area (Å²) in [6, 6.07) is 9.47. The van der Waals surface area contributed by atoms with E-state index >= 15 is 0 Å². The lowest BCUT2D eigenvalue weighted by molar-refractivity contribution is -0.186. The van der Waals surface area contributed by atoms with Crippen molar-refractivity contribution in [1.29, 1.82) is 0 Å². The Balaban J connectivity index is 1.54. The largest absolute Gasteiger partial charge is 0.458 e. The molecule has 0 spiro atoms. The molecule has 4 aliphatic carbocycles. The lowest BCUT2D eigenvalue weighted by Gasteiger charge is -2.50. The molecule has 0 amide bonds. The van der Waals surface area contributed by atoms with Crippen molar-refractivity contribution in [2.24, 2.45) is 29.1 Å². The van der Waals surface area contributed by atoms with E-state index in [1.807, 2.05) is 43.3 Å². The molecule has 0 heterocycles. The zero-order valence-electron chi connectivity index (χ0n) is 20.2. The van der Waals surface area contributed by atoms with E-state index in [1.54, 1.807) is 13.0 Å². The second kappa shape index (κ2) is 7.36. The molecule has 182 valence electrons. The quantitative estimate of drug-likeness (QED) is 0.466. The summed E-state index contributed by atoms with van der Waals surface area (Å²) in [4.78, 5) is 26.0. The number of fused-ring (bicyclic) bond motifs is 5. The molecule has 0 radical (unpaired) electrons. The fourth-order valence-corrected chi connectivity index (χ4v) is 7.60. The van der Waals surface area contributed by atoms with Gasteiger partial charge in [-0.2, -0.15) is 0 Å². The molecular weight excluding hydrogens is 432 g/mol. The summed E-state index contributed by atoms with van der Waals surface area (Å²) in [5.74, 6) is -2.52. The minimum atomic E-state index is -1.78. The number of hydrogen-bond donors (Lipinski definition) is 3. The molecule has 5 rings (SSSR count). The van der Waals surface area contributed by atoms with Gasteiger partial charge in [0.2, 0.25) is 0 Å². The van der Waals surface area contributed by atoms with Crippen LogP contribution in [0.4, 0.5) is 0 Å². The van der Waals surface area contributed by atoms with Gasteiger partial charge in [-0.05, 0) is 36.0 Å². The Kier molecular flexibility index (Phi) is 5.08. The van der Waals surface area contributed by atoms with Crippen molar-refractivity contribution in [1.82, 2.24) is 0 Å². The summed E-state index contributed by atoms with van der Waals surface area (Å²) in [5.41, 5.74) is -2.50. The van der Waals surface area contributed by atoms with Gasteiger partial charge in [0.05, 0.1) is 18.6 Å². The molecule has 1 aromatic carbocycles. The molecule has 2 fully saturated rings. The Hall–Kier alpha value is -2.28.